The molecule has 0 aliphatic heterocycles. The Kier molecular flexibility index (Phi) is 5.80. The zero-order valence-corrected chi connectivity index (χ0v) is 14.6. The average molecular weight is 336 g/mol. The molecule has 0 aliphatic carbocycles. The van der Waals surface area contributed by atoms with Crippen LogP contribution in [-0.2, 0) is 9.53 Å². The number of amides is 1. The standard InChI is InChI=1S/C17H22ClN3O2/c1-10(16-11(2)20-21-12(16)3)17(22)19-9-15(23-4)13-7-5-6-8-14(13)18/h5-8,10,15H,9H2,1-4H3,(H,19,22)(H,20,21)/t10-,15-/m0/s1. The third kappa shape index (κ3) is 3.92. The summed E-state index contributed by atoms with van der Waals surface area (Å²) in [6.45, 7) is 6.04. The number of aryl methyl sites for hydroxylation is 2. The molecule has 0 aliphatic rings. The Morgan fingerprint density at radius 2 is 2.09 bits per heavy atom. The highest BCUT2D eigenvalue weighted by atomic mass is 35.5. The van der Waals surface area contributed by atoms with E-state index in [0.717, 1.165) is 22.5 Å². The fraction of sp³-hybridized carbons (Fsp3) is 0.412. The molecular weight excluding hydrogens is 314 g/mol. The van der Waals surface area contributed by atoms with Gasteiger partial charge in [-0.05, 0) is 26.8 Å². The molecule has 1 heterocycles. The summed E-state index contributed by atoms with van der Waals surface area (Å²) in [5.41, 5.74) is 3.56. The van der Waals surface area contributed by atoms with E-state index in [-0.39, 0.29) is 17.9 Å². The summed E-state index contributed by atoms with van der Waals surface area (Å²) in [6.07, 6.45) is -0.286. The number of hydrogen-bond acceptors (Lipinski definition) is 3. The Hall–Kier alpha value is -1.85. The predicted molar refractivity (Wildman–Crippen MR) is 90.7 cm³/mol. The van der Waals surface area contributed by atoms with Crippen molar-refractivity contribution < 1.29 is 9.53 Å². The van der Waals surface area contributed by atoms with Crippen molar-refractivity contribution in [1.82, 2.24) is 15.5 Å². The lowest BCUT2D eigenvalue weighted by Gasteiger charge is -2.19. The van der Waals surface area contributed by atoms with Crippen LogP contribution in [-0.4, -0.2) is 29.8 Å². The van der Waals surface area contributed by atoms with E-state index in [1.807, 2.05) is 45.0 Å². The molecular formula is C17H22ClN3O2. The van der Waals surface area contributed by atoms with E-state index in [0.29, 0.717) is 11.6 Å². The van der Waals surface area contributed by atoms with Gasteiger partial charge in [0.2, 0.25) is 5.91 Å². The summed E-state index contributed by atoms with van der Waals surface area (Å²) in [4.78, 5) is 12.4. The molecule has 0 unspecified atom stereocenters. The molecule has 1 aromatic heterocycles. The van der Waals surface area contributed by atoms with Crippen LogP contribution in [0.15, 0.2) is 24.3 Å². The van der Waals surface area contributed by atoms with Crippen molar-refractivity contribution in [3.63, 3.8) is 0 Å². The highest BCUT2D eigenvalue weighted by molar-refractivity contribution is 6.31. The summed E-state index contributed by atoms with van der Waals surface area (Å²) < 4.78 is 5.47. The first kappa shape index (κ1) is 17.5. The lowest BCUT2D eigenvalue weighted by Crippen LogP contribution is -2.32. The molecule has 0 saturated carbocycles. The highest BCUT2D eigenvalue weighted by Gasteiger charge is 2.22. The molecule has 2 atom stereocenters. The molecule has 5 nitrogen and oxygen atoms in total. The number of aromatic amines is 1. The lowest BCUT2D eigenvalue weighted by atomic mass is 9.98. The number of H-pyrrole nitrogens is 1. The molecule has 2 N–H and O–H groups in total. The second-order valence-electron chi connectivity index (χ2n) is 5.56. The summed E-state index contributed by atoms with van der Waals surface area (Å²) in [7, 11) is 1.61. The molecule has 0 radical (unpaired) electrons. The minimum absolute atomic E-state index is 0.0632. The van der Waals surface area contributed by atoms with Gasteiger partial charge < -0.3 is 10.1 Å². The number of benzene rings is 1. The zero-order chi connectivity index (χ0) is 17.0. The van der Waals surface area contributed by atoms with Crippen molar-refractivity contribution in [2.75, 3.05) is 13.7 Å². The molecule has 0 fully saturated rings. The monoisotopic (exact) mass is 335 g/mol. The van der Waals surface area contributed by atoms with E-state index in [2.05, 4.69) is 15.5 Å². The number of nitrogens with one attached hydrogen (secondary N) is 2. The normalized spacial score (nSPS) is 13.6. The minimum atomic E-state index is -0.286. The molecule has 0 bridgehead atoms. The van der Waals surface area contributed by atoms with E-state index >= 15 is 0 Å². The number of halogens is 1. The van der Waals surface area contributed by atoms with Gasteiger partial charge in [0.1, 0.15) is 6.10 Å². The first-order chi connectivity index (χ1) is 11.0. The van der Waals surface area contributed by atoms with Gasteiger partial charge in [-0.2, -0.15) is 5.10 Å². The van der Waals surface area contributed by atoms with Crippen LogP contribution in [0.4, 0.5) is 0 Å². The maximum Gasteiger partial charge on any atom is 0.227 e. The van der Waals surface area contributed by atoms with Gasteiger partial charge in [0.05, 0.1) is 11.6 Å². The second kappa shape index (κ2) is 7.62. The van der Waals surface area contributed by atoms with Crippen LogP contribution in [0.3, 0.4) is 0 Å². The fourth-order valence-electron chi connectivity index (χ4n) is 2.73. The van der Waals surface area contributed by atoms with Crippen LogP contribution in [0.25, 0.3) is 0 Å². The highest BCUT2D eigenvalue weighted by Crippen LogP contribution is 2.25. The fourth-order valence-corrected chi connectivity index (χ4v) is 2.99. The Bertz CT molecular complexity index is 665. The van der Waals surface area contributed by atoms with Gasteiger partial charge in [-0.3, -0.25) is 9.89 Å². The summed E-state index contributed by atoms with van der Waals surface area (Å²) in [5.74, 6) is -0.343. The summed E-state index contributed by atoms with van der Waals surface area (Å²) in [6, 6.07) is 7.47. The number of nitrogens with zero attached hydrogens (tertiary/aromatic N) is 1. The molecule has 2 rings (SSSR count). The van der Waals surface area contributed by atoms with Crippen LogP contribution in [0.1, 0.15) is 41.5 Å². The first-order valence-corrected chi connectivity index (χ1v) is 7.89. The van der Waals surface area contributed by atoms with Gasteiger partial charge in [0.15, 0.2) is 0 Å². The maximum absolute atomic E-state index is 12.4. The molecule has 0 spiro atoms. The van der Waals surface area contributed by atoms with Crippen molar-refractivity contribution in [3.05, 3.63) is 51.8 Å². The number of hydrogen-bond donors (Lipinski definition) is 2. The SMILES string of the molecule is CO[C@@H](CNC(=O)[C@@H](C)c1c(C)n[nH]c1C)c1ccccc1Cl. The Labute approximate surface area is 141 Å². The molecule has 124 valence electrons. The molecule has 1 amide bonds. The summed E-state index contributed by atoms with van der Waals surface area (Å²) >= 11 is 6.19. The molecule has 0 saturated heterocycles. The van der Waals surface area contributed by atoms with Crippen LogP contribution in [0.2, 0.25) is 5.02 Å². The maximum atomic E-state index is 12.4. The van der Waals surface area contributed by atoms with Gasteiger partial charge in [-0.25, -0.2) is 0 Å². The van der Waals surface area contributed by atoms with Crippen molar-refractivity contribution in [2.45, 2.75) is 32.8 Å². The summed E-state index contributed by atoms with van der Waals surface area (Å²) in [5, 5.41) is 10.6. The Balaban J connectivity index is 2.04. The van der Waals surface area contributed by atoms with E-state index in [4.69, 9.17) is 16.3 Å². The number of ether oxygens (including phenoxy) is 1. The quantitative estimate of drug-likeness (QED) is 0.851. The molecule has 1 aromatic carbocycles. The van der Waals surface area contributed by atoms with Gasteiger partial charge in [0, 0.05) is 35.5 Å². The van der Waals surface area contributed by atoms with Gasteiger partial charge in [0.25, 0.3) is 0 Å². The van der Waals surface area contributed by atoms with Crippen LogP contribution < -0.4 is 5.32 Å². The topological polar surface area (TPSA) is 67.0 Å². The van der Waals surface area contributed by atoms with Gasteiger partial charge in [-0.15, -0.1) is 0 Å². The van der Waals surface area contributed by atoms with E-state index in [9.17, 15) is 4.79 Å². The third-order valence-corrected chi connectivity index (χ3v) is 4.35. The molecule has 6 heteroatoms. The van der Waals surface area contributed by atoms with Crippen molar-refractivity contribution in [1.29, 1.82) is 0 Å². The number of methoxy groups -OCH3 is 1. The van der Waals surface area contributed by atoms with Crippen LogP contribution >= 0.6 is 11.6 Å². The average Bonchev–Trinajstić information content (AvgIpc) is 2.87. The molecule has 23 heavy (non-hydrogen) atoms. The lowest BCUT2D eigenvalue weighted by molar-refractivity contribution is -0.122. The number of aromatic nitrogens is 2. The van der Waals surface area contributed by atoms with Crippen LogP contribution in [0, 0.1) is 13.8 Å². The van der Waals surface area contributed by atoms with Crippen molar-refractivity contribution >= 4 is 17.5 Å². The van der Waals surface area contributed by atoms with E-state index in [1.54, 1.807) is 7.11 Å². The number of carbonyl (C=O) groups excluding carboxylic acids is 1. The van der Waals surface area contributed by atoms with Crippen molar-refractivity contribution in [2.24, 2.45) is 0 Å². The van der Waals surface area contributed by atoms with E-state index < -0.39 is 0 Å². The first-order valence-electron chi connectivity index (χ1n) is 7.52. The number of carbonyl (C=O) groups is 1. The Morgan fingerprint density at radius 1 is 1.39 bits per heavy atom. The minimum Gasteiger partial charge on any atom is -0.375 e. The number of rotatable bonds is 6. The predicted octanol–water partition coefficient (Wildman–Crippen LogP) is 3.29. The van der Waals surface area contributed by atoms with Crippen molar-refractivity contribution in [3.8, 4) is 0 Å². The van der Waals surface area contributed by atoms with Gasteiger partial charge >= 0.3 is 0 Å². The second-order valence-corrected chi connectivity index (χ2v) is 5.97. The largest absolute Gasteiger partial charge is 0.375 e. The smallest absolute Gasteiger partial charge is 0.227 e. The molecule has 2 aromatic rings. The Morgan fingerprint density at radius 3 is 2.65 bits per heavy atom. The van der Waals surface area contributed by atoms with Gasteiger partial charge in [-0.1, -0.05) is 29.8 Å². The zero-order valence-electron chi connectivity index (χ0n) is 13.8. The van der Waals surface area contributed by atoms with Crippen LogP contribution in [0.5, 0.6) is 0 Å². The third-order valence-electron chi connectivity index (χ3n) is 4.01. The van der Waals surface area contributed by atoms with E-state index in [1.165, 1.54) is 0 Å².